The van der Waals surface area contributed by atoms with Crippen molar-refractivity contribution in [1.29, 1.82) is 0 Å². The van der Waals surface area contributed by atoms with Gasteiger partial charge in [0.05, 0.1) is 5.54 Å². The summed E-state index contributed by atoms with van der Waals surface area (Å²) in [6.45, 7) is 5.92. The number of hydrogen-bond acceptors (Lipinski definition) is 3. The van der Waals surface area contributed by atoms with E-state index in [0.717, 1.165) is 38.4 Å². The molecule has 0 radical (unpaired) electrons. The molecule has 1 rings (SSSR count). The quantitative estimate of drug-likeness (QED) is 0.656. The third-order valence-corrected chi connectivity index (χ3v) is 4.19. The standard InChI is InChI=1S/C14H29N3O/c1-4-10-16-14(2,13(15)18)9-6-11-17(3)12-7-5-8-12/h12,16H,4-11H2,1-3H3,(H2,15,18). The topological polar surface area (TPSA) is 58.4 Å². The largest absolute Gasteiger partial charge is 0.368 e. The molecule has 0 aromatic carbocycles. The molecule has 1 fully saturated rings. The highest BCUT2D eigenvalue weighted by Crippen LogP contribution is 2.24. The van der Waals surface area contributed by atoms with Crippen LogP contribution < -0.4 is 11.1 Å². The van der Waals surface area contributed by atoms with Crippen molar-refractivity contribution in [1.82, 2.24) is 10.2 Å². The Morgan fingerprint density at radius 1 is 1.50 bits per heavy atom. The molecule has 0 heterocycles. The van der Waals surface area contributed by atoms with Gasteiger partial charge < -0.3 is 16.0 Å². The van der Waals surface area contributed by atoms with Gasteiger partial charge in [0.1, 0.15) is 0 Å². The Kier molecular flexibility index (Phi) is 6.09. The molecule has 4 nitrogen and oxygen atoms in total. The van der Waals surface area contributed by atoms with Crippen LogP contribution in [0.2, 0.25) is 0 Å². The summed E-state index contributed by atoms with van der Waals surface area (Å²) < 4.78 is 0. The summed E-state index contributed by atoms with van der Waals surface area (Å²) in [6, 6.07) is 0.772. The third kappa shape index (κ3) is 4.25. The van der Waals surface area contributed by atoms with Crippen LogP contribution in [0.15, 0.2) is 0 Å². The fourth-order valence-electron chi connectivity index (χ4n) is 2.39. The van der Waals surface area contributed by atoms with Gasteiger partial charge in [0, 0.05) is 6.04 Å². The molecule has 0 saturated heterocycles. The van der Waals surface area contributed by atoms with Gasteiger partial charge in [-0.1, -0.05) is 13.3 Å². The van der Waals surface area contributed by atoms with Gasteiger partial charge in [-0.3, -0.25) is 4.79 Å². The predicted octanol–water partition coefficient (Wildman–Crippen LogP) is 1.49. The van der Waals surface area contributed by atoms with E-state index in [2.05, 4.69) is 24.2 Å². The van der Waals surface area contributed by atoms with E-state index in [0.29, 0.717) is 0 Å². The van der Waals surface area contributed by atoms with Crippen molar-refractivity contribution < 1.29 is 4.79 Å². The maximum Gasteiger partial charge on any atom is 0.237 e. The van der Waals surface area contributed by atoms with Gasteiger partial charge in [-0.25, -0.2) is 0 Å². The highest BCUT2D eigenvalue weighted by atomic mass is 16.1. The van der Waals surface area contributed by atoms with Gasteiger partial charge in [-0.05, 0) is 59.2 Å². The summed E-state index contributed by atoms with van der Waals surface area (Å²) in [6.07, 6.45) is 6.88. The third-order valence-electron chi connectivity index (χ3n) is 4.19. The maximum absolute atomic E-state index is 11.6. The van der Waals surface area contributed by atoms with Crippen LogP contribution >= 0.6 is 0 Å². The van der Waals surface area contributed by atoms with Crippen LogP contribution in [0.1, 0.15) is 52.4 Å². The SMILES string of the molecule is CCCNC(C)(CCCN(C)C1CCC1)C(N)=O. The number of nitrogens with two attached hydrogens (primary N) is 1. The Morgan fingerprint density at radius 3 is 2.61 bits per heavy atom. The molecule has 3 N–H and O–H groups in total. The average Bonchev–Trinajstić information content (AvgIpc) is 2.23. The molecule has 106 valence electrons. The van der Waals surface area contributed by atoms with E-state index < -0.39 is 5.54 Å². The zero-order chi connectivity index (χ0) is 13.6. The predicted molar refractivity (Wildman–Crippen MR) is 75.4 cm³/mol. The monoisotopic (exact) mass is 255 g/mol. The van der Waals surface area contributed by atoms with Gasteiger partial charge in [0.25, 0.3) is 0 Å². The summed E-state index contributed by atoms with van der Waals surface area (Å²) in [5.74, 6) is -0.234. The number of hydrogen-bond donors (Lipinski definition) is 2. The van der Waals surface area contributed by atoms with E-state index >= 15 is 0 Å². The number of nitrogens with one attached hydrogen (secondary N) is 1. The number of amides is 1. The molecular formula is C14H29N3O. The number of nitrogens with zero attached hydrogens (tertiary/aromatic N) is 1. The van der Waals surface area contributed by atoms with Crippen LogP contribution in [0, 0.1) is 0 Å². The number of primary amides is 1. The van der Waals surface area contributed by atoms with Crippen molar-refractivity contribution >= 4 is 5.91 Å². The lowest BCUT2D eigenvalue weighted by atomic mass is 9.90. The van der Waals surface area contributed by atoms with Crippen LogP contribution in [0.5, 0.6) is 0 Å². The van der Waals surface area contributed by atoms with Gasteiger partial charge in [-0.15, -0.1) is 0 Å². The van der Waals surface area contributed by atoms with Gasteiger partial charge in [-0.2, -0.15) is 0 Å². The van der Waals surface area contributed by atoms with Crippen molar-refractivity contribution in [2.75, 3.05) is 20.1 Å². The smallest absolute Gasteiger partial charge is 0.237 e. The molecule has 0 aliphatic heterocycles. The zero-order valence-corrected chi connectivity index (χ0v) is 12.2. The Labute approximate surface area is 111 Å². The van der Waals surface area contributed by atoms with Crippen LogP contribution in [0.3, 0.4) is 0 Å². The first kappa shape index (κ1) is 15.4. The van der Waals surface area contributed by atoms with E-state index in [4.69, 9.17) is 5.73 Å². The molecule has 0 bridgehead atoms. The summed E-state index contributed by atoms with van der Waals surface area (Å²) in [5.41, 5.74) is 4.97. The molecule has 1 aliphatic rings. The zero-order valence-electron chi connectivity index (χ0n) is 12.2. The second kappa shape index (κ2) is 7.10. The van der Waals surface area contributed by atoms with Crippen LogP contribution in [-0.4, -0.2) is 42.5 Å². The summed E-state index contributed by atoms with van der Waals surface area (Å²) >= 11 is 0. The normalized spacial score (nSPS) is 19.6. The van der Waals surface area contributed by atoms with Gasteiger partial charge in [0.2, 0.25) is 5.91 Å². The Balaban J connectivity index is 2.30. The highest BCUT2D eigenvalue weighted by Gasteiger charge is 2.30. The molecule has 0 spiro atoms. The van der Waals surface area contributed by atoms with Crippen molar-refractivity contribution in [3.8, 4) is 0 Å². The lowest BCUT2D eigenvalue weighted by Crippen LogP contribution is -2.53. The summed E-state index contributed by atoms with van der Waals surface area (Å²) in [4.78, 5) is 14.0. The molecule has 4 heteroatoms. The molecule has 1 unspecified atom stereocenters. The van der Waals surface area contributed by atoms with Crippen LogP contribution in [0.25, 0.3) is 0 Å². The first-order chi connectivity index (χ1) is 8.49. The molecule has 0 aromatic heterocycles. The minimum Gasteiger partial charge on any atom is -0.368 e. The van der Waals surface area contributed by atoms with Gasteiger partial charge >= 0.3 is 0 Å². The first-order valence-electron chi connectivity index (χ1n) is 7.25. The van der Waals surface area contributed by atoms with E-state index in [1.54, 1.807) is 0 Å². The molecule has 1 amide bonds. The fraction of sp³-hybridized carbons (Fsp3) is 0.929. The van der Waals surface area contributed by atoms with Crippen molar-refractivity contribution in [2.45, 2.75) is 64.0 Å². The van der Waals surface area contributed by atoms with E-state index in [-0.39, 0.29) is 5.91 Å². The number of carbonyl (C=O) groups excluding carboxylic acids is 1. The van der Waals surface area contributed by atoms with Gasteiger partial charge in [0.15, 0.2) is 0 Å². The summed E-state index contributed by atoms with van der Waals surface area (Å²) in [5, 5.41) is 3.28. The van der Waals surface area contributed by atoms with E-state index in [1.165, 1.54) is 19.3 Å². The second-order valence-electron chi connectivity index (χ2n) is 5.79. The number of carbonyl (C=O) groups is 1. The minimum atomic E-state index is -0.545. The Morgan fingerprint density at radius 2 is 2.17 bits per heavy atom. The Bertz CT molecular complexity index is 266. The van der Waals surface area contributed by atoms with Crippen molar-refractivity contribution in [3.05, 3.63) is 0 Å². The fourth-order valence-corrected chi connectivity index (χ4v) is 2.39. The summed E-state index contributed by atoms with van der Waals surface area (Å²) in [7, 11) is 2.19. The Hall–Kier alpha value is -0.610. The molecule has 1 aliphatic carbocycles. The molecule has 18 heavy (non-hydrogen) atoms. The molecule has 1 saturated carbocycles. The average molecular weight is 255 g/mol. The lowest BCUT2D eigenvalue weighted by molar-refractivity contribution is -0.124. The molecular weight excluding hydrogens is 226 g/mol. The maximum atomic E-state index is 11.6. The number of rotatable bonds is 9. The van der Waals surface area contributed by atoms with Crippen LogP contribution in [-0.2, 0) is 4.79 Å². The molecule has 0 aromatic rings. The van der Waals surface area contributed by atoms with Crippen LogP contribution in [0.4, 0.5) is 0 Å². The minimum absolute atomic E-state index is 0.234. The van der Waals surface area contributed by atoms with Crippen molar-refractivity contribution in [3.63, 3.8) is 0 Å². The highest BCUT2D eigenvalue weighted by molar-refractivity contribution is 5.84. The second-order valence-corrected chi connectivity index (χ2v) is 5.79. The van der Waals surface area contributed by atoms with Crippen molar-refractivity contribution in [2.24, 2.45) is 5.73 Å². The first-order valence-corrected chi connectivity index (χ1v) is 7.25. The van der Waals surface area contributed by atoms with E-state index in [9.17, 15) is 4.79 Å². The lowest BCUT2D eigenvalue weighted by Gasteiger charge is -2.35. The van der Waals surface area contributed by atoms with E-state index in [1.807, 2.05) is 6.92 Å². The molecule has 1 atom stereocenters.